The van der Waals surface area contributed by atoms with Crippen molar-refractivity contribution < 1.29 is 19.4 Å². The van der Waals surface area contributed by atoms with Gasteiger partial charge in [0.15, 0.2) is 0 Å². The Morgan fingerprint density at radius 2 is 1.93 bits per heavy atom. The number of carbonyl (C=O) groups excluding carboxylic acids is 1. The van der Waals surface area contributed by atoms with Crippen LogP contribution in [0.15, 0.2) is 12.1 Å². The summed E-state index contributed by atoms with van der Waals surface area (Å²) in [5, 5.41) is 15.0. The molecule has 2 aliphatic carbocycles. The predicted octanol–water partition coefficient (Wildman–Crippen LogP) is 2.76. The molecule has 0 heterocycles. The van der Waals surface area contributed by atoms with Gasteiger partial charge in [-0.05, 0) is 56.6 Å². The molecule has 3 N–H and O–H groups in total. The number of nitrogens with zero attached hydrogens (tertiary/aromatic N) is 1. The van der Waals surface area contributed by atoms with Gasteiger partial charge in [-0.2, -0.15) is 0 Å². The Labute approximate surface area is 160 Å². The first-order chi connectivity index (χ1) is 12.9. The number of aliphatic carboxylic acids is 1. The van der Waals surface area contributed by atoms with E-state index in [-0.39, 0.29) is 24.7 Å². The average molecular weight is 375 g/mol. The van der Waals surface area contributed by atoms with Crippen LogP contribution in [0, 0.1) is 19.8 Å². The van der Waals surface area contributed by atoms with Gasteiger partial charge < -0.3 is 20.5 Å². The van der Waals surface area contributed by atoms with Crippen LogP contribution in [0.25, 0.3) is 0 Å². The minimum absolute atomic E-state index is 0.0816. The molecule has 0 aromatic heterocycles. The molecule has 7 heteroatoms. The molecule has 7 nitrogen and oxygen atoms in total. The summed E-state index contributed by atoms with van der Waals surface area (Å²) in [6.07, 6.45) is 3.99. The predicted molar refractivity (Wildman–Crippen MR) is 103 cm³/mol. The third-order valence-corrected chi connectivity index (χ3v) is 5.48. The number of aryl methyl sites for hydroxylation is 2. The van der Waals surface area contributed by atoms with Crippen molar-refractivity contribution in [1.29, 1.82) is 0 Å². The van der Waals surface area contributed by atoms with Crippen LogP contribution >= 0.6 is 0 Å². The van der Waals surface area contributed by atoms with E-state index in [1.807, 2.05) is 26.0 Å². The van der Waals surface area contributed by atoms with E-state index in [9.17, 15) is 9.59 Å². The number of urea groups is 1. The molecule has 1 aromatic rings. The first-order valence-electron chi connectivity index (χ1n) is 9.54. The average Bonchev–Trinajstić information content (AvgIpc) is 3.36. The number of ether oxygens (including phenoxy) is 1. The van der Waals surface area contributed by atoms with Crippen molar-refractivity contribution in [2.75, 3.05) is 25.5 Å². The van der Waals surface area contributed by atoms with E-state index in [2.05, 4.69) is 15.5 Å². The Balaban J connectivity index is 1.49. The minimum atomic E-state index is -0.784. The van der Waals surface area contributed by atoms with E-state index in [1.165, 1.54) is 12.8 Å². The smallest absolute Gasteiger partial charge is 0.319 e. The maximum Gasteiger partial charge on any atom is 0.319 e. The lowest BCUT2D eigenvalue weighted by atomic mass is 9.85. The number of hydrogen-bond donors (Lipinski definition) is 3. The van der Waals surface area contributed by atoms with Gasteiger partial charge in [-0.1, -0.05) is 6.07 Å². The fourth-order valence-corrected chi connectivity index (χ4v) is 3.68. The second-order valence-electron chi connectivity index (χ2n) is 7.82. The van der Waals surface area contributed by atoms with Crippen molar-refractivity contribution in [3.8, 4) is 5.75 Å². The van der Waals surface area contributed by atoms with Gasteiger partial charge in [-0.3, -0.25) is 9.69 Å². The van der Waals surface area contributed by atoms with E-state index in [1.54, 1.807) is 7.11 Å². The molecule has 0 unspecified atom stereocenters. The number of nitrogens with one attached hydrogen (secondary N) is 2. The van der Waals surface area contributed by atoms with Crippen LogP contribution in [-0.2, 0) is 4.79 Å². The van der Waals surface area contributed by atoms with Crippen LogP contribution < -0.4 is 15.4 Å². The summed E-state index contributed by atoms with van der Waals surface area (Å²) in [6.45, 7) is 4.86. The molecule has 2 fully saturated rings. The summed E-state index contributed by atoms with van der Waals surface area (Å²) in [5.74, 6) is 0.608. The fourth-order valence-electron chi connectivity index (χ4n) is 3.68. The molecule has 2 saturated carbocycles. The molecule has 2 aliphatic rings. The molecule has 148 valence electrons. The van der Waals surface area contributed by atoms with Crippen molar-refractivity contribution in [1.82, 2.24) is 10.2 Å². The highest BCUT2D eigenvalue weighted by atomic mass is 16.5. The molecular formula is C20H29N3O4. The molecule has 0 aliphatic heterocycles. The van der Waals surface area contributed by atoms with E-state index >= 15 is 0 Å². The SMILES string of the molecule is COc1cc(NC(=O)NC2CC(N(CC(=O)O)CC3CC3)C2)c(C)cc1C. The molecule has 27 heavy (non-hydrogen) atoms. The highest BCUT2D eigenvalue weighted by molar-refractivity contribution is 5.90. The van der Waals surface area contributed by atoms with Gasteiger partial charge in [-0.25, -0.2) is 4.79 Å². The number of hydrogen-bond acceptors (Lipinski definition) is 4. The summed E-state index contributed by atoms with van der Waals surface area (Å²) in [4.78, 5) is 25.5. The number of amides is 2. The van der Waals surface area contributed by atoms with Crippen molar-refractivity contribution >= 4 is 17.7 Å². The van der Waals surface area contributed by atoms with Crippen molar-refractivity contribution in [2.45, 2.75) is 51.6 Å². The molecule has 1 aromatic carbocycles. The number of carbonyl (C=O) groups is 2. The van der Waals surface area contributed by atoms with E-state index in [4.69, 9.17) is 9.84 Å². The van der Waals surface area contributed by atoms with E-state index in [0.717, 1.165) is 42.0 Å². The zero-order chi connectivity index (χ0) is 19.6. The van der Waals surface area contributed by atoms with Crippen molar-refractivity contribution in [2.24, 2.45) is 5.92 Å². The lowest BCUT2D eigenvalue weighted by molar-refractivity contribution is -0.139. The van der Waals surface area contributed by atoms with Gasteiger partial charge in [-0.15, -0.1) is 0 Å². The van der Waals surface area contributed by atoms with E-state index in [0.29, 0.717) is 5.92 Å². The summed E-state index contributed by atoms with van der Waals surface area (Å²) >= 11 is 0. The van der Waals surface area contributed by atoms with Crippen molar-refractivity contribution in [3.63, 3.8) is 0 Å². The minimum Gasteiger partial charge on any atom is -0.496 e. The monoisotopic (exact) mass is 375 g/mol. The lowest BCUT2D eigenvalue weighted by Crippen LogP contribution is -2.55. The molecule has 2 amide bonds. The maximum absolute atomic E-state index is 12.3. The van der Waals surface area contributed by atoms with Crippen LogP contribution in [-0.4, -0.2) is 54.3 Å². The Hall–Kier alpha value is -2.28. The molecule has 0 bridgehead atoms. The Morgan fingerprint density at radius 1 is 1.22 bits per heavy atom. The van der Waals surface area contributed by atoms with Crippen LogP contribution in [0.2, 0.25) is 0 Å². The third kappa shape index (κ3) is 5.13. The first-order valence-corrected chi connectivity index (χ1v) is 9.54. The molecule has 0 atom stereocenters. The number of methoxy groups -OCH3 is 1. The van der Waals surface area contributed by atoms with Crippen molar-refractivity contribution in [3.05, 3.63) is 23.3 Å². The summed E-state index contributed by atoms with van der Waals surface area (Å²) in [5.41, 5.74) is 2.73. The number of carboxylic acid groups (broad SMARTS) is 1. The van der Waals surface area contributed by atoms with Gasteiger partial charge in [0.1, 0.15) is 5.75 Å². The first kappa shape index (κ1) is 19.5. The zero-order valence-electron chi connectivity index (χ0n) is 16.2. The van der Waals surface area contributed by atoms with Gasteiger partial charge in [0.25, 0.3) is 0 Å². The molecule has 0 spiro atoms. The highest BCUT2D eigenvalue weighted by Gasteiger charge is 2.37. The Morgan fingerprint density at radius 3 is 2.52 bits per heavy atom. The van der Waals surface area contributed by atoms with Gasteiger partial charge in [0, 0.05) is 30.4 Å². The fraction of sp³-hybridized carbons (Fsp3) is 0.600. The zero-order valence-corrected chi connectivity index (χ0v) is 16.2. The summed E-state index contributed by atoms with van der Waals surface area (Å²) < 4.78 is 5.32. The number of benzene rings is 1. The van der Waals surface area contributed by atoms with Gasteiger partial charge >= 0.3 is 12.0 Å². The Bertz CT molecular complexity index is 711. The van der Waals surface area contributed by atoms with Crippen LogP contribution in [0.1, 0.15) is 36.8 Å². The second-order valence-corrected chi connectivity index (χ2v) is 7.82. The number of anilines is 1. The van der Waals surface area contributed by atoms with Crippen LogP contribution in [0.3, 0.4) is 0 Å². The number of carboxylic acids is 1. The summed E-state index contributed by atoms with van der Waals surface area (Å²) in [6, 6.07) is 3.90. The van der Waals surface area contributed by atoms with Crippen LogP contribution in [0.4, 0.5) is 10.5 Å². The van der Waals surface area contributed by atoms with Gasteiger partial charge in [0.05, 0.1) is 13.7 Å². The highest BCUT2D eigenvalue weighted by Crippen LogP contribution is 2.34. The van der Waals surface area contributed by atoms with Crippen LogP contribution in [0.5, 0.6) is 5.75 Å². The lowest BCUT2D eigenvalue weighted by Gasteiger charge is -2.42. The molecule has 3 rings (SSSR count). The standard InChI is InChI=1S/C20H29N3O4/c1-12-6-13(2)18(27-3)9-17(12)22-20(26)21-15-7-16(8-15)23(11-19(24)25)10-14-4-5-14/h6,9,14-16H,4-5,7-8,10-11H2,1-3H3,(H,24,25)(H2,21,22,26). The topological polar surface area (TPSA) is 90.9 Å². The number of rotatable bonds is 8. The van der Waals surface area contributed by atoms with E-state index < -0.39 is 5.97 Å². The second kappa shape index (κ2) is 8.17. The quantitative estimate of drug-likeness (QED) is 0.650. The third-order valence-electron chi connectivity index (χ3n) is 5.48. The molecule has 0 saturated heterocycles. The maximum atomic E-state index is 12.3. The normalized spacial score (nSPS) is 21.5. The molecule has 0 radical (unpaired) electrons. The molecular weight excluding hydrogens is 346 g/mol. The van der Waals surface area contributed by atoms with Gasteiger partial charge in [0.2, 0.25) is 0 Å². The Kier molecular flexibility index (Phi) is 5.89. The largest absolute Gasteiger partial charge is 0.496 e. The summed E-state index contributed by atoms with van der Waals surface area (Å²) in [7, 11) is 1.61.